The Morgan fingerprint density at radius 3 is 2.59 bits per heavy atom. The van der Waals surface area contributed by atoms with Gasteiger partial charge in [-0.25, -0.2) is 0 Å². The quantitative estimate of drug-likeness (QED) is 0.670. The van der Waals surface area contributed by atoms with Crippen molar-refractivity contribution < 1.29 is 14.3 Å². The highest BCUT2D eigenvalue weighted by atomic mass is 16.5. The van der Waals surface area contributed by atoms with Gasteiger partial charge in [0.05, 0.1) is 19.9 Å². The van der Waals surface area contributed by atoms with E-state index < -0.39 is 0 Å². The lowest BCUT2D eigenvalue weighted by molar-refractivity contribution is 0.0946. The molecule has 140 valence electrons. The fourth-order valence-corrected chi connectivity index (χ4v) is 2.83. The predicted octanol–water partition coefficient (Wildman–Crippen LogP) is 3.63. The van der Waals surface area contributed by atoms with Crippen molar-refractivity contribution in [3.05, 3.63) is 65.9 Å². The second-order valence-corrected chi connectivity index (χ2v) is 6.25. The van der Waals surface area contributed by atoms with Crippen LogP contribution in [0.2, 0.25) is 0 Å². The molecule has 1 heterocycles. The van der Waals surface area contributed by atoms with Gasteiger partial charge in [-0.3, -0.25) is 9.89 Å². The third-order valence-electron chi connectivity index (χ3n) is 4.44. The van der Waals surface area contributed by atoms with E-state index in [1.54, 1.807) is 26.4 Å². The molecule has 6 nitrogen and oxygen atoms in total. The second-order valence-electron chi connectivity index (χ2n) is 6.25. The molecule has 0 unspecified atom stereocenters. The first kappa shape index (κ1) is 18.5. The maximum atomic E-state index is 12.4. The van der Waals surface area contributed by atoms with Gasteiger partial charge in [0.1, 0.15) is 17.2 Å². The van der Waals surface area contributed by atoms with Crippen molar-refractivity contribution in [3.8, 4) is 22.8 Å². The third-order valence-corrected chi connectivity index (χ3v) is 4.44. The van der Waals surface area contributed by atoms with Gasteiger partial charge in [-0.2, -0.15) is 5.10 Å². The molecule has 2 N–H and O–H groups in total. The molecule has 0 bridgehead atoms. The van der Waals surface area contributed by atoms with Crippen LogP contribution in [0.25, 0.3) is 11.3 Å². The number of methoxy groups -OCH3 is 2. The van der Waals surface area contributed by atoms with Gasteiger partial charge in [0.15, 0.2) is 0 Å². The average molecular weight is 365 g/mol. The number of benzene rings is 2. The minimum absolute atomic E-state index is 0.191. The fraction of sp³-hybridized carbons (Fsp3) is 0.238. The van der Waals surface area contributed by atoms with E-state index in [1.165, 1.54) is 5.56 Å². The first-order valence-electron chi connectivity index (χ1n) is 8.73. The first-order chi connectivity index (χ1) is 13.1. The van der Waals surface area contributed by atoms with E-state index in [0.29, 0.717) is 29.4 Å². The van der Waals surface area contributed by atoms with Crippen molar-refractivity contribution in [1.29, 1.82) is 0 Å². The van der Waals surface area contributed by atoms with Gasteiger partial charge in [-0.15, -0.1) is 0 Å². The maximum Gasteiger partial charge on any atom is 0.269 e. The molecule has 0 aliphatic rings. The van der Waals surface area contributed by atoms with Crippen LogP contribution in [0.4, 0.5) is 0 Å². The largest absolute Gasteiger partial charge is 0.497 e. The monoisotopic (exact) mass is 365 g/mol. The number of hydrogen-bond donors (Lipinski definition) is 2. The summed E-state index contributed by atoms with van der Waals surface area (Å²) in [6.07, 6.45) is 0. The molecular weight excluding hydrogens is 342 g/mol. The Bertz CT molecular complexity index is 906. The van der Waals surface area contributed by atoms with Crippen molar-refractivity contribution in [1.82, 2.24) is 15.5 Å². The Kier molecular flexibility index (Phi) is 5.76. The molecule has 3 aromatic rings. The normalized spacial score (nSPS) is 11.7. The number of ether oxygens (including phenoxy) is 2. The second kappa shape index (κ2) is 8.40. The number of nitrogens with one attached hydrogen (secondary N) is 2. The van der Waals surface area contributed by atoms with Crippen LogP contribution in [-0.4, -0.2) is 36.9 Å². The van der Waals surface area contributed by atoms with Crippen molar-refractivity contribution in [2.75, 3.05) is 20.8 Å². The van der Waals surface area contributed by atoms with E-state index in [0.717, 1.165) is 5.56 Å². The summed E-state index contributed by atoms with van der Waals surface area (Å²) in [6.45, 7) is 2.62. The van der Waals surface area contributed by atoms with Gasteiger partial charge >= 0.3 is 0 Å². The molecule has 0 aliphatic carbocycles. The van der Waals surface area contributed by atoms with Crippen LogP contribution in [0, 0.1) is 0 Å². The molecule has 1 amide bonds. The SMILES string of the molecule is COc1ccc(-c2cc(C(=O)NC[C@H](C)c3ccccc3)[nH]n2)c(OC)c1. The average Bonchev–Trinajstić information content (AvgIpc) is 3.22. The van der Waals surface area contributed by atoms with Crippen molar-refractivity contribution >= 4 is 5.91 Å². The van der Waals surface area contributed by atoms with Crippen molar-refractivity contribution in [3.63, 3.8) is 0 Å². The lowest BCUT2D eigenvalue weighted by Crippen LogP contribution is -2.27. The van der Waals surface area contributed by atoms with Crippen LogP contribution in [0.5, 0.6) is 11.5 Å². The Hall–Kier alpha value is -3.28. The van der Waals surface area contributed by atoms with Crippen LogP contribution in [-0.2, 0) is 0 Å². The van der Waals surface area contributed by atoms with Gasteiger partial charge in [0.25, 0.3) is 5.91 Å². The summed E-state index contributed by atoms with van der Waals surface area (Å²) in [5.41, 5.74) is 3.01. The van der Waals surface area contributed by atoms with Gasteiger partial charge in [-0.1, -0.05) is 37.3 Å². The van der Waals surface area contributed by atoms with Gasteiger partial charge in [-0.05, 0) is 29.7 Å². The van der Waals surface area contributed by atoms with Crippen LogP contribution in [0.3, 0.4) is 0 Å². The molecule has 0 saturated heterocycles. The number of nitrogens with zero attached hydrogens (tertiary/aromatic N) is 1. The van der Waals surface area contributed by atoms with E-state index in [1.807, 2.05) is 30.3 Å². The van der Waals surface area contributed by atoms with Gasteiger partial charge in [0.2, 0.25) is 0 Å². The Labute approximate surface area is 158 Å². The predicted molar refractivity (Wildman–Crippen MR) is 104 cm³/mol. The fourth-order valence-electron chi connectivity index (χ4n) is 2.83. The molecule has 2 aromatic carbocycles. The number of amides is 1. The number of carbonyl (C=O) groups is 1. The number of aromatic amines is 1. The summed E-state index contributed by atoms with van der Waals surface area (Å²) in [7, 11) is 3.19. The zero-order valence-electron chi connectivity index (χ0n) is 15.7. The zero-order chi connectivity index (χ0) is 19.2. The van der Waals surface area contributed by atoms with E-state index in [-0.39, 0.29) is 11.8 Å². The molecule has 6 heteroatoms. The summed E-state index contributed by atoms with van der Waals surface area (Å²) < 4.78 is 10.6. The molecule has 0 saturated carbocycles. The van der Waals surface area contributed by atoms with E-state index in [2.05, 4.69) is 34.6 Å². The molecule has 0 radical (unpaired) electrons. The minimum atomic E-state index is -0.191. The van der Waals surface area contributed by atoms with Crippen LogP contribution >= 0.6 is 0 Å². The molecule has 0 spiro atoms. The Morgan fingerprint density at radius 2 is 1.89 bits per heavy atom. The molecule has 0 aliphatic heterocycles. The smallest absolute Gasteiger partial charge is 0.269 e. The summed E-state index contributed by atoms with van der Waals surface area (Å²) in [6, 6.07) is 17.3. The summed E-state index contributed by atoms with van der Waals surface area (Å²) in [4.78, 5) is 12.4. The zero-order valence-corrected chi connectivity index (χ0v) is 15.7. The van der Waals surface area contributed by atoms with Crippen LogP contribution < -0.4 is 14.8 Å². The highest BCUT2D eigenvalue weighted by Crippen LogP contribution is 2.32. The molecule has 27 heavy (non-hydrogen) atoms. The molecule has 0 fully saturated rings. The molecular formula is C21H23N3O3. The first-order valence-corrected chi connectivity index (χ1v) is 8.73. The number of hydrogen-bond acceptors (Lipinski definition) is 4. The number of rotatable bonds is 7. The van der Waals surface area contributed by atoms with Crippen molar-refractivity contribution in [2.24, 2.45) is 0 Å². The van der Waals surface area contributed by atoms with E-state index in [4.69, 9.17) is 9.47 Å². The van der Waals surface area contributed by atoms with Crippen LogP contribution in [0.1, 0.15) is 28.9 Å². The Morgan fingerprint density at radius 1 is 1.11 bits per heavy atom. The molecule has 1 atom stereocenters. The van der Waals surface area contributed by atoms with E-state index in [9.17, 15) is 4.79 Å². The maximum absolute atomic E-state index is 12.4. The Balaban J connectivity index is 1.69. The molecule has 1 aromatic heterocycles. The summed E-state index contributed by atoms with van der Waals surface area (Å²) in [5, 5.41) is 10.00. The lowest BCUT2D eigenvalue weighted by atomic mass is 10.0. The molecule has 3 rings (SSSR count). The summed E-state index contributed by atoms with van der Waals surface area (Å²) >= 11 is 0. The highest BCUT2D eigenvalue weighted by molar-refractivity contribution is 5.93. The lowest BCUT2D eigenvalue weighted by Gasteiger charge is -2.12. The van der Waals surface area contributed by atoms with Gasteiger partial charge in [0, 0.05) is 18.2 Å². The highest BCUT2D eigenvalue weighted by Gasteiger charge is 2.15. The third kappa shape index (κ3) is 4.28. The van der Waals surface area contributed by atoms with Crippen molar-refractivity contribution in [2.45, 2.75) is 12.8 Å². The number of carbonyl (C=O) groups excluding carboxylic acids is 1. The topological polar surface area (TPSA) is 76.2 Å². The van der Waals surface area contributed by atoms with Gasteiger partial charge < -0.3 is 14.8 Å². The summed E-state index contributed by atoms with van der Waals surface area (Å²) in [5.74, 6) is 1.35. The van der Waals surface area contributed by atoms with E-state index >= 15 is 0 Å². The van der Waals surface area contributed by atoms with Crippen LogP contribution in [0.15, 0.2) is 54.6 Å². The number of H-pyrrole nitrogens is 1. The standard InChI is InChI=1S/C21H23N3O3/c1-14(15-7-5-4-6-8-15)13-22-21(25)19-12-18(23-24-19)17-10-9-16(26-2)11-20(17)27-3/h4-12,14H,13H2,1-3H3,(H,22,25)(H,23,24)/t14-/m0/s1. The number of aromatic nitrogens is 2. The minimum Gasteiger partial charge on any atom is -0.497 e.